The number of nitrogens with one attached hydrogen (secondary N) is 1. The lowest BCUT2D eigenvalue weighted by Crippen LogP contribution is -2.55. The molecule has 1 fully saturated rings. The van der Waals surface area contributed by atoms with Gasteiger partial charge in [0.2, 0.25) is 11.8 Å². The summed E-state index contributed by atoms with van der Waals surface area (Å²) in [6, 6.07) is 3.56. The molecule has 1 heterocycles. The van der Waals surface area contributed by atoms with Crippen LogP contribution in [0, 0.1) is 17.6 Å². The molecule has 0 saturated carbocycles. The van der Waals surface area contributed by atoms with E-state index in [2.05, 4.69) is 5.32 Å². The molecule has 0 spiro atoms. The van der Waals surface area contributed by atoms with Gasteiger partial charge in [0.25, 0.3) is 0 Å². The van der Waals surface area contributed by atoms with Gasteiger partial charge in [-0.25, -0.2) is 8.78 Å². The van der Waals surface area contributed by atoms with Crippen LogP contribution in [0.2, 0.25) is 0 Å². The van der Waals surface area contributed by atoms with Gasteiger partial charge in [-0.1, -0.05) is 6.07 Å². The summed E-state index contributed by atoms with van der Waals surface area (Å²) >= 11 is 0. The van der Waals surface area contributed by atoms with Crippen molar-refractivity contribution >= 4 is 11.8 Å². The summed E-state index contributed by atoms with van der Waals surface area (Å²) in [5.41, 5.74) is -0.154. The number of hydrogen-bond acceptors (Lipinski definition) is 2. The Hall–Kier alpha value is -1.98. The molecule has 1 aliphatic rings. The van der Waals surface area contributed by atoms with E-state index in [4.69, 9.17) is 0 Å². The Kier molecular flexibility index (Phi) is 3.78. The van der Waals surface area contributed by atoms with Crippen LogP contribution in [-0.2, 0) is 16.1 Å². The highest BCUT2D eigenvalue weighted by Crippen LogP contribution is 2.16. The van der Waals surface area contributed by atoms with Crippen LogP contribution in [0.1, 0.15) is 12.5 Å². The summed E-state index contributed by atoms with van der Waals surface area (Å²) in [5.74, 6) is -2.03. The van der Waals surface area contributed by atoms with E-state index >= 15 is 0 Å². The first kappa shape index (κ1) is 13.5. The average molecular weight is 268 g/mol. The van der Waals surface area contributed by atoms with Crippen LogP contribution in [0.3, 0.4) is 0 Å². The van der Waals surface area contributed by atoms with Gasteiger partial charge in [0, 0.05) is 32.1 Å². The zero-order valence-corrected chi connectivity index (χ0v) is 10.5. The average Bonchev–Trinajstić information content (AvgIpc) is 2.25. The van der Waals surface area contributed by atoms with Crippen LogP contribution in [0.5, 0.6) is 0 Å². The molecule has 6 heteroatoms. The predicted octanol–water partition coefficient (Wildman–Crippen LogP) is 1.06. The highest BCUT2D eigenvalue weighted by atomic mass is 19.1. The zero-order valence-electron chi connectivity index (χ0n) is 10.5. The van der Waals surface area contributed by atoms with E-state index in [1.807, 2.05) is 0 Å². The maximum atomic E-state index is 13.3. The SMILES string of the molecule is CC(=O)N1CC(C(=O)NCc2c(F)cccc2F)C1. The van der Waals surface area contributed by atoms with E-state index in [-0.39, 0.29) is 29.8 Å². The van der Waals surface area contributed by atoms with Crippen molar-refractivity contribution in [2.75, 3.05) is 13.1 Å². The first-order valence-corrected chi connectivity index (χ1v) is 5.95. The number of amides is 2. The fourth-order valence-corrected chi connectivity index (χ4v) is 1.92. The highest BCUT2D eigenvalue weighted by molar-refractivity contribution is 5.83. The van der Waals surface area contributed by atoms with E-state index in [9.17, 15) is 18.4 Å². The minimum Gasteiger partial charge on any atom is -0.351 e. The Morgan fingerprint density at radius 3 is 2.42 bits per heavy atom. The van der Waals surface area contributed by atoms with E-state index in [0.29, 0.717) is 13.1 Å². The standard InChI is InChI=1S/C13H14F2N2O2/c1-8(18)17-6-9(7-17)13(19)16-5-10-11(14)3-2-4-12(10)15/h2-4,9H,5-7H2,1H3,(H,16,19). The van der Waals surface area contributed by atoms with Gasteiger partial charge in [0.15, 0.2) is 0 Å². The van der Waals surface area contributed by atoms with Gasteiger partial charge in [-0.3, -0.25) is 9.59 Å². The van der Waals surface area contributed by atoms with E-state index < -0.39 is 11.6 Å². The maximum absolute atomic E-state index is 13.3. The molecule has 0 atom stereocenters. The third kappa shape index (κ3) is 2.89. The van der Waals surface area contributed by atoms with Crippen molar-refractivity contribution < 1.29 is 18.4 Å². The molecule has 1 saturated heterocycles. The van der Waals surface area contributed by atoms with Gasteiger partial charge in [0.05, 0.1) is 5.92 Å². The molecule has 102 valence electrons. The van der Waals surface area contributed by atoms with Gasteiger partial charge in [-0.15, -0.1) is 0 Å². The third-order valence-electron chi connectivity index (χ3n) is 3.20. The quantitative estimate of drug-likeness (QED) is 0.891. The van der Waals surface area contributed by atoms with Crippen LogP contribution >= 0.6 is 0 Å². The molecule has 2 amide bonds. The van der Waals surface area contributed by atoms with Crippen molar-refractivity contribution in [2.45, 2.75) is 13.5 Å². The lowest BCUT2D eigenvalue weighted by molar-refractivity contribution is -0.141. The summed E-state index contributed by atoms with van der Waals surface area (Å²) in [7, 11) is 0. The molecule has 0 unspecified atom stereocenters. The Labute approximate surface area is 109 Å². The molecule has 1 aromatic rings. The molecule has 0 bridgehead atoms. The first-order chi connectivity index (χ1) is 8.99. The summed E-state index contributed by atoms with van der Waals surface area (Å²) in [6.45, 7) is 1.97. The van der Waals surface area contributed by atoms with Crippen LogP contribution in [0.4, 0.5) is 8.78 Å². The minimum atomic E-state index is -0.681. The normalized spacial score (nSPS) is 15.0. The third-order valence-corrected chi connectivity index (χ3v) is 3.20. The Bertz CT molecular complexity index is 493. The van der Waals surface area contributed by atoms with Gasteiger partial charge < -0.3 is 10.2 Å². The van der Waals surface area contributed by atoms with Crippen LogP contribution < -0.4 is 5.32 Å². The second-order valence-corrected chi connectivity index (χ2v) is 4.54. The molecule has 1 aliphatic heterocycles. The first-order valence-electron chi connectivity index (χ1n) is 5.95. The molecule has 0 aromatic heterocycles. The van der Waals surface area contributed by atoms with Gasteiger partial charge in [0.1, 0.15) is 11.6 Å². The fraction of sp³-hybridized carbons (Fsp3) is 0.385. The molecule has 0 radical (unpaired) electrons. The van der Waals surface area contributed by atoms with E-state index in [0.717, 1.165) is 12.1 Å². The van der Waals surface area contributed by atoms with E-state index in [1.54, 1.807) is 0 Å². The van der Waals surface area contributed by atoms with Crippen LogP contribution in [0.15, 0.2) is 18.2 Å². The summed E-state index contributed by atoms with van der Waals surface area (Å²) in [5, 5.41) is 2.49. The number of carbonyl (C=O) groups is 2. The minimum absolute atomic E-state index is 0.0794. The van der Waals surface area contributed by atoms with Gasteiger partial charge in [-0.05, 0) is 12.1 Å². The van der Waals surface area contributed by atoms with E-state index in [1.165, 1.54) is 17.9 Å². The molecule has 1 N–H and O–H groups in total. The smallest absolute Gasteiger partial charge is 0.226 e. The van der Waals surface area contributed by atoms with Crippen LogP contribution in [0.25, 0.3) is 0 Å². The summed E-state index contributed by atoms with van der Waals surface area (Å²) < 4.78 is 26.6. The largest absolute Gasteiger partial charge is 0.351 e. The number of nitrogens with zero attached hydrogens (tertiary/aromatic N) is 1. The number of hydrogen-bond donors (Lipinski definition) is 1. The van der Waals surface area contributed by atoms with Crippen molar-refractivity contribution in [1.82, 2.24) is 10.2 Å². The second kappa shape index (κ2) is 5.34. The van der Waals surface area contributed by atoms with Gasteiger partial charge in [-0.2, -0.15) is 0 Å². The Morgan fingerprint density at radius 1 is 1.32 bits per heavy atom. The predicted molar refractivity (Wildman–Crippen MR) is 63.9 cm³/mol. The van der Waals surface area contributed by atoms with Crippen molar-refractivity contribution in [3.05, 3.63) is 35.4 Å². The fourth-order valence-electron chi connectivity index (χ4n) is 1.92. The molecule has 4 nitrogen and oxygen atoms in total. The summed E-state index contributed by atoms with van der Waals surface area (Å²) in [4.78, 5) is 24.2. The molecule has 19 heavy (non-hydrogen) atoms. The molecule has 2 rings (SSSR count). The number of carbonyl (C=O) groups excluding carboxylic acids is 2. The molecule has 1 aromatic carbocycles. The van der Waals surface area contributed by atoms with Crippen molar-refractivity contribution in [3.63, 3.8) is 0 Å². The lowest BCUT2D eigenvalue weighted by Gasteiger charge is -2.37. The maximum Gasteiger partial charge on any atom is 0.226 e. The topological polar surface area (TPSA) is 49.4 Å². The zero-order chi connectivity index (χ0) is 14.0. The second-order valence-electron chi connectivity index (χ2n) is 4.54. The summed E-state index contributed by atoms with van der Waals surface area (Å²) in [6.07, 6.45) is 0. The van der Waals surface area contributed by atoms with Crippen molar-refractivity contribution in [1.29, 1.82) is 0 Å². The van der Waals surface area contributed by atoms with Crippen molar-refractivity contribution in [3.8, 4) is 0 Å². The van der Waals surface area contributed by atoms with Crippen LogP contribution in [-0.4, -0.2) is 29.8 Å². The number of halogens is 2. The van der Waals surface area contributed by atoms with Gasteiger partial charge >= 0.3 is 0 Å². The lowest BCUT2D eigenvalue weighted by atomic mass is 9.99. The monoisotopic (exact) mass is 268 g/mol. The van der Waals surface area contributed by atoms with Crippen molar-refractivity contribution in [2.24, 2.45) is 5.92 Å². The molecular weight excluding hydrogens is 254 g/mol. The molecular formula is C13H14F2N2O2. The Morgan fingerprint density at radius 2 is 1.89 bits per heavy atom. The Balaban J connectivity index is 1.87. The number of rotatable bonds is 3. The number of likely N-dealkylation sites (tertiary alicyclic amines) is 1. The molecule has 0 aliphatic carbocycles. The number of benzene rings is 1. The highest BCUT2D eigenvalue weighted by Gasteiger charge is 2.33.